The molecule has 0 saturated carbocycles. The van der Waals surface area contributed by atoms with Crippen molar-refractivity contribution in [1.29, 1.82) is 0 Å². The van der Waals surface area contributed by atoms with Gasteiger partial charge in [0.2, 0.25) is 0 Å². The molecule has 0 aliphatic heterocycles. The van der Waals surface area contributed by atoms with Crippen molar-refractivity contribution in [2.24, 2.45) is 0 Å². The predicted octanol–water partition coefficient (Wildman–Crippen LogP) is 0.121. The molecule has 0 bridgehead atoms. The molecule has 5 heteroatoms. The molecule has 0 radical (unpaired) electrons. The van der Waals surface area contributed by atoms with Crippen molar-refractivity contribution >= 4 is 0 Å². The van der Waals surface area contributed by atoms with Crippen molar-refractivity contribution in [2.75, 3.05) is 6.54 Å². The zero-order chi connectivity index (χ0) is 7.28. The monoisotopic (exact) mass is 133 g/mol. The van der Waals surface area contributed by atoms with E-state index in [1.165, 1.54) is 0 Å². The number of nitrogens with zero attached hydrogens (tertiary/aromatic N) is 1. The minimum absolute atomic E-state index is 0.352. The minimum atomic E-state index is -0.474. The van der Waals surface area contributed by atoms with Crippen LogP contribution in [0.3, 0.4) is 0 Å². The molecule has 0 aliphatic rings. The molecular weight excluding hydrogens is 124 g/mol. The Hall–Kier alpha value is -1.26. The van der Waals surface area contributed by atoms with Gasteiger partial charge in [0.05, 0.1) is 4.91 Å². The Kier molecular flexibility index (Phi) is 3.19. The Bertz CT molecular complexity index is 132. The van der Waals surface area contributed by atoms with Gasteiger partial charge in [-0.3, -0.25) is 0 Å². The Morgan fingerprint density at radius 1 is 1.89 bits per heavy atom. The van der Waals surface area contributed by atoms with Crippen LogP contribution in [-0.4, -0.2) is 21.8 Å². The first-order valence-electron chi connectivity index (χ1n) is 2.46. The SMILES string of the molecule is CCN/C(O)=C/[N+](=O)O. The number of hydrogen-bond donors (Lipinski definition) is 3. The average molecular weight is 133 g/mol. The number of aliphatic hydroxyl groups is 1. The van der Waals surface area contributed by atoms with E-state index in [-0.39, 0.29) is 5.88 Å². The lowest BCUT2D eigenvalue weighted by atomic mass is 10.7. The smallest absolute Gasteiger partial charge is 0.340 e. The maximum Gasteiger partial charge on any atom is 0.340 e. The van der Waals surface area contributed by atoms with Crippen LogP contribution in [0.25, 0.3) is 0 Å². The quantitative estimate of drug-likeness (QED) is 0.377. The summed E-state index contributed by atoms with van der Waals surface area (Å²) in [6, 6.07) is 0. The summed E-state index contributed by atoms with van der Waals surface area (Å²) in [5, 5.41) is 18.9. The summed E-state index contributed by atoms with van der Waals surface area (Å²) in [4.78, 5) is 9.25. The van der Waals surface area contributed by atoms with Gasteiger partial charge < -0.3 is 10.4 Å². The molecule has 9 heavy (non-hydrogen) atoms. The Morgan fingerprint density at radius 3 is 2.78 bits per heavy atom. The number of nitrogens with one attached hydrogen (secondary N) is 1. The van der Waals surface area contributed by atoms with Crippen LogP contribution in [0.2, 0.25) is 0 Å². The van der Waals surface area contributed by atoms with Gasteiger partial charge in [-0.2, -0.15) is 0 Å². The molecule has 0 fully saturated rings. The summed E-state index contributed by atoms with van der Waals surface area (Å²) < 4.78 is 0. The first-order chi connectivity index (χ1) is 4.16. The highest BCUT2D eigenvalue weighted by Gasteiger charge is 2.00. The molecule has 0 heterocycles. The van der Waals surface area contributed by atoms with Crippen LogP contribution < -0.4 is 5.32 Å². The van der Waals surface area contributed by atoms with Crippen LogP contribution in [-0.2, 0) is 0 Å². The predicted molar refractivity (Wildman–Crippen MR) is 29.8 cm³/mol. The molecule has 52 valence electrons. The third-order valence-electron chi connectivity index (χ3n) is 0.591. The number of hydrogen-bond acceptors (Lipinski definition) is 3. The van der Waals surface area contributed by atoms with E-state index in [0.717, 1.165) is 0 Å². The molecular formula is C4H9N2O3+. The molecule has 0 aromatic carbocycles. The molecule has 0 aromatic rings. The normalized spacial score (nSPS) is 11.0. The highest BCUT2D eigenvalue weighted by atomic mass is 16.6. The van der Waals surface area contributed by atoms with E-state index in [2.05, 4.69) is 5.32 Å². The zero-order valence-electron chi connectivity index (χ0n) is 5.03. The summed E-state index contributed by atoms with van der Waals surface area (Å²) in [6.45, 7) is 2.24. The Labute approximate surface area is 52.1 Å². The van der Waals surface area contributed by atoms with Crippen LogP contribution in [0.5, 0.6) is 0 Å². The van der Waals surface area contributed by atoms with Gasteiger partial charge in [0.1, 0.15) is 0 Å². The second-order valence-corrected chi connectivity index (χ2v) is 1.35. The van der Waals surface area contributed by atoms with Crippen LogP contribution >= 0.6 is 0 Å². The van der Waals surface area contributed by atoms with Gasteiger partial charge in [0.25, 0.3) is 10.8 Å². The van der Waals surface area contributed by atoms with E-state index >= 15 is 0 Å². The van der Waals surface area contributed by atoms with Gasteiger partial charge >= 0.3 is 6.20 Å². The van der Waals surface area contributed by atoms with E-state index < -0.39 is 4.92 Å². The van der Waals surface area contributed by atoms with Gasteiger partial charge in [-0.15, -0.1) is 0 Å². The van der Waals surface area contributed by atoms with E-state index in [1.54, 1.807) is 6.92 Å². The van der Waals surface area contributed by atoms with E-state index in [0.29, 0.717) is 12.7 Å². The summed E-state index contributed by atoms with van der Waals surface area (Å²) >= 11 is 0. The van der Waals surface area contributed by atoms with Crippen LogP contribution in [0.15, 0.2) is 12.1 Å². The molecule has 0 unspecified atom stereocenters. The summed E-state index contributed by atoms with van der Waals surface area (Å²) in [7, 11) is 0. The third-order valence-corrected chi connectivity index (χ3v) is 0.591. The van der Waals surface area contributed by atoms with Crippen molar-refractivity contribution in [3.05, 3.63) is 17.0 Å². The van der Waals surface area contributed by atoms with Crippen molar-refractivity contribution in [3.63, 3.8) is 0 Å². The second-order valence-electron chi connectivity index (χ2n) is 1.35. The van der Waals surface area contributed by atoms with Crippen molar-refractivity contribution < 1.29 is 15.2 Å². The molecule has 0 rings (SSSR count). The average Bonchev–Trinajstić information content (AvgIpc) is 1.63. The van der Waals surface area contributed by atoms with Crippen molar-refractivity contribution in [2.45, 2.75) is 6.92 Å². The minimum Gasteiger partial charge on any atom is -0.490 e. The first-order valence-corrected chi connectivity index (χ1v) is 2.46. The van der Waals surface area contributed by atoms with Gasteiger partial charge in [-0.1, -0.05) is 0 Å². The molecule has 0 saturated heterocycles. The number of rotatable bonds is 3. The van der Waals surface area contributed by atoms with Crippen LogP contribution in [0.4, 0.5) is 0 Å². The molecule has 0 spiro atoms. The fraction of sp³-hybridized carbons (Fsp3) is 0.500. The van der Waals surface area contributed by atoms with E-state index in [1.807, 2.05) is 0 Å². The lowest BCUT2D eigenvalue weighted by molar-refractivity contribution is -0.743. The summed E-state index contributed by atoms with van der Waals surface area (Å²) in [5.41, 5.74) is 0. The molecule has 0 amide bonds. The van der Waals surface area contributed by atoms with Gasteiger partial charge in [0.15, 0.2) is 0 Å². The van der Waals surface area contributed by atoms with E-state index in [9.17, 15) is 4.91 Å². The topological polar surface area (TPSA) is 72.6 Å². The van der Waals surface area contributed by atoms with Crippen LogP contribution in [0, 0.1) is 4.91 Å². The van der Waals surface area contributed by atoms with Crippen LogP contribution in [0.1, 0.15) is 6.92 Å². The molecule has 0 aromatic heterocycles. The van der Waals surface area contributed by atoms with Gasteiger partial charge in [-0.25, -0.2) is 5.21 Å². The third kappa shape index (κ3) is 4.60. The molecule has 0 atom stereocenters. The lowest BCUT2D eigenvalue weighted by Crippen LogP contribution is -2.12. The molecule has 3 N–H and O–H groups in total. The zero-order valence-corrected chi connectivity index (χ0v) is 5.03. The van der Waals surface area contributed by atoms with Crippen molar-refractivity contribution in [3.8, 4) is 0 Å². The first kappa shape index (κ1) is 7.74. The van der Waals surface area contributed by atoms with E-state index in [4.69, 9.17) is 10.3 Å². The highest BCUT2D eigenvalue weighted by Crippen LogP contribution is 1.78. The fourth-order valence-corrected chi connectivity index (χ4v) is 0.331. The summed E-state index contributed by atoms with van der Waals surface area (Å²) in [5.74, 6) is -0.352. The fourth-order valence-electron chi connectivity index (χ4n) is 0.331. The summed E-state index contributed by atoms with van der Waals surface area (Å²) in [6.07, 6.45) is 0.615. The van der Waals surface area contributed by atoms with Gasteiger partial charge in [0, 0.05) is 6.54 Å². The standard InChI is InChI=1S/C4H8N2O3/c1-2-5-4(7)3-6(8)9/h3,5H,2H2,1H3,(H-,7,8,9)/p+1/b4-3-. The molecule has 5 nitrogen and oxygen atoms in total. The number of aliphatic hydroxyl groups excluding tert-OH is 1. The highest BCUT2D eigenvalue weighted by molar-refractivity contribution is 4.78. The Morgan fingerprint density at radius 2 is 2.44 bits per heavy atom. The second kappa shape index (κ2) is 3.71. The maximum absolute atomic E-state index is 9.72. The van der Waals surface area contributed by atoms with Gasteiger partial charge in [-0.05, 0) is 6.92 Å². The largest absolute Gasteiger partial charge is 0.490 e. The maximum atomic E-state index is 9.72. The molecule has 0 aliphatic carbocycles. The Balaban J connectivity index is 3.69. The van der Waals surface area contributed by atoms with Crippen molar-refractivity contribution in [1.82, 2.24) is 5.32 Å². The lowest BCUT2D eigenvalue weighted by Gasteiger charge is -1.92.